The van der Waals surface area contributed by atoms with Crippen LogP contribution in [0.3, 0.4) is 0 Å². The van der Waals surface area contributed by atoms with E-state index in [2.05, 4.69) is 20.5 Å². The van der Waals surface area contributed by atoms with Crippen LogP contribution in [0, 0.1) is 5.92 Å². The number of H-pyrrole nitrogens is 2. The van der Waals surface area contributed by atoms with Crippen molar-refractivity contribution in [3.63, 3.8) is 0 Å². The molecule has 2 atom stereocenters. The molecule has 0 unspecified atom stereocenters. The fraction of sp³-hybridized carbons (Fsp3) is 0.304. The van der Waals surface area contributed by atoms with Gasteiger partial charge in [-0.2, -0.15) is 0 Å². The molecule has 2 aromatic carbocycles. The number of amides is 1. The molecule has 1 aromatic heterocycles. The molecule has 168 valence electrons. The molecule has 9 nitrogen and oxygen atoms in total. The van der Waals surface area contributed by atoms with Crippen LogP contribution in [0.15, 0.2) is 59.4 Å². The van der Waals surface area contributed by atoms with Crippen molar-refractivity contribution in [3.8, 4) is 11.1 Å². The van der Waals surface area contributed by atoms with Crippen molar-refractivity contribution < 1.29 is 19.4 Å². The molecule has 0 saturated carbocycles. The first-order chi connectivity index (χ1) is 15.5. The van der Waals surface area contributed by atoms with Crippen LogP contribution in [0.2, 0.25) is 0 Å². The maximum atomic E-state index is 12.5. The number of carbonyl (C=O) groups is 2. The minimum absolute atomic E-state index is 0.156. The second-order valence-corrected chi connectivity index (χ2v) is 7.33. The van der Waals surface area contributed by atoms with Gasteiger partial charge in [0, 0.05) is 6.04 Å². The van der Waals surface area contributed by atoms with E-state index in [9.17, 15) is 19.5 Å². The fourth-order valence-electron chi connectivity index (χ4n) is 3.42. The van der Waals surface area contributed by atoms with Crippen molar-refractivity contribution in [2.45, 2.75) is 25.8 Å². The zero-order chi connectivity index (χ0) is 22.9. The van der Waals surface area contributed by atoms with Crippen LogP contribution in [-0.4, -0.2) is 51.4 Å². The summed E-state index contributed by atoms with van der Waals surface area (Å²) in [6.07, 6.45) is 0.571. The molecular weight excluding hydrogens is 412 g/mol. The molecule has 0 spiro atoms. The summed E-state index contributed by atoms with van der Waals surface area (Å²) in [7, 11) is 0. The Morgan fingerprint density at radius 2 is 1.78 bits per heavy atom. The summed E-state index contributed by atoms with van der Waals surface area (Å²) in [6, 6.07) is 17.3. The second kappa shape index (κ2) is 11.1. The molecule has 0 radical (unpaired) electrons. The SMILES string of the molecule is CCOC(=O)[C@H](CO)C[C@@H](Cc1ccc(-c2ccccc2)cc1)NC(=O)c1n[nH]c(=O)[nH]1. The Hall–Kier alpha value is -3.72. The van der Waals surface area contributed by atoms with E-state index in [1.807, 2.05) is 54.6 Å². The summed E-state index contributed by atoms with van der Waals surface area (Å²) in [4.78, 5) is 38.2. The van der Waals surface area contributed by atoms with Crippen LogP contribution in [-0.2, 0) is 16.0 Å². The lowest BCUT2D eigenvalue weighted by atomic mass is 9.94. The molecular formula is C23H26N4O5. The van der Waals surface area contributed by atoms with Crippen molar-refractivity contribution in [2.24, 2.45) is 5.92 Å². The second-order valence-electron chi connectivity index (χ2n) is 7.33. The van der Waals surface area contributed by atoms with Crippen molar-refractivity contribution in [3.05, 3.63) is 76.5 Å². The smallest absolute Gasteiger partial charge is 0.341 e. The highest BCUT2D eigenvalue weighted by molar-refractivity contribution is 5.90. The largest absolute Gasteiger partial charge is 0.466 e. The maximum Gasteiger partial charge on any atom is 0.341 e. The van der Waals surface area contributed by atoms with E-state index in [4.69, 9.17) is 4.74 Å². The van der Waals surface area contributed by atoms with Crippen LogP contribution < -0.4 is 11.0 Å². The zero-order valence-electron chi connectivity index (χ0n) is 17.7. The maximum absolute atomic E-state index is 12.5. The third kappa shape index (κ3) is 6.14. The number of nitrogens with one attached hydrogen (secondary N) is 3. The molecule has 0 saturated heterocycles. The van der Waals surface area contributed by atoms with Crippen LogP contribution in [0.25, 0.3) is 11.1 Å². The van der Waals surface area contributed by atoms with Gasteiger partial charge >= 0.3 is 11.7 Å². The van der Waals surface area contributed by atoms with Gasteiger partial charge in [-0.15, -0.1) is 5.10 Å². The third-order valence-corrected chi connectivity index (χ3v) is 5.00. The van der Waals surface area contributed by atoms with Gasteiger partial charge in [-0.05, 0) is 36.5 Å². The van der Waals surface area contributed by atoms with Crippen molar-refractivity contribution >= 4 is 11.9 Å². The van der Waals surface area contributed by atoms with E-state index in [1.54, 1.807) is 6.92 Å². The van der Waals surface area contributed by atoms with E-state index in [0.29, 0.717) is 6.42 Å². The number of aromatic nitrogens is 3. The summed E-state index contributed by atoms with van der Waals surface area (Å²) >= 11 is 0. The fourth-order valence-corrected chi connectivity index (χ4v) is 3.42. The van der Waals surface area contributed by atoms with E-state index >= 15 is 0 Å². The first-order valence-corrected chi connectivity index (χ1v) is 10.4. The highest BCUT2D eigenvalue weighted by Gasteiger charge is 2.26. The van der Waals surface area contributed by atoms with E-state index in [1.165, 1.54) is 0 Å². The molecule has 9 heteroatoms. The normalized spacial score (nSPS) is 12.7. The Labute approximate surface area is 184 Å². The number of ether oxygens (including phenoxy) is 1. The number of nitrogens with zero attached hydrogens (tertiary/aromatic N) is 1. The summed E-state index contributed by atoms with van der Waals surface area (Å²) in [5, 5.41) is 18.3. The third-order valence-electron chi connectivity index (χ3n) is 5.00. The van der Waals surface area contributed by atoms with Crippen LogP contribution in [0.5, 0.6) is 0 Å². The lowest BCUT2D eigenvalue weighted by Gasteiger charge is -2.22. The average Bonchev–Trinajstić information content (AvgIpc) is 3.25. The molecule has 1 heterocycles. The molecule has 3 rings (SSSR count). The van der Waals surface area contributed by atoms with E-state index in [0.717, 1.165) is 16.7 Å². The summed E-state index contributed by atoms with van der Waals surface area (Å²) < 4.78 is 5.03. The van der Waals surface area contributed by atoms with Gasteiger partial charge in [0.25, 0.3) is 5.91 Å². The lowest BCUT2D eigenvalue weighted by molar-refractivity contribution is -0.149. The first kappa shape index (κ1) is 23.0. The summed E-state index contributed by atoms with van der Waals surface area (Å²) in [5.41, 5.74) is 2.49. The molecule has 0 aliphatic heterocycles. The Morgan fingerprint density at radius 1 is 1.09 bits per heavy atom. The van der Waals surface area contributed by atoms with Gasteiger partial charge in [0.1, 0.15) is 0 Å². The van der Waals surface area contributed by atoms with Crippen molar-refractivity contribution in [2.75, 3.05) is 13.2 Å². The van der Waals surface area contributed by atoms with Gasteiger partial charge in [0.2, 0.25) is 5.82 Å². The van der Waals surface area contributed by atoms with Gasteiger partial charge < -0.3 is 15.2 Å². The number of esters is 1. The number of carbonyl (C=O) groups excluding carboxylic acids is 2. The monoisotopic (exact) mass is 438 g/mol. The number of rotatable bonds is 10. The minimum Gasteiger partial charge on any atom is -0.466 e. The number of hydrogen-bond acceptors (Lipinski definition) is 6. The number of benzene rings is 2. The molecule has 3 aromatic rings. The van der Waals surface area contributed by atoms with E-state index in [-0.39, 0.29) is 18.9 Å². The van der Waals surface area contributed by atoms with E-state index < -0.39 is 36.1 Å². The molecule has 0 bridgehead atoms. The lowest BCUT2D eigenvalue weighted by Crippen LogP contribution is -2.40. The van der Waals surface area contributed by atoms with Crippen LogP contribution in [0.1, 0.15) is 29.5 Å². The number of aliphatic hydroxyl groups is 1. The molecule has 0 aliphatic carbocycles. The molecule has 32 heavy (non-hydrogen) atoms. The highest BCUT2D eigenvalue weighted by atomic mass is 16.5. The zero-order valence-corrected chi connectivity index (χ0v) is 17.7. The first-order valence-electron chi connectivity index (χ1n) is 10.4. The Morgan fingerprint density at radius 3 is 2.38 bits per heavy atom. The Bertz CT molecular complexity index is 1080. The number of hydrogen-bond donors (Lipinski definition) is 4. The summed E-state index contributed by atoms with van der Waals surface area (Å²) in [6.45, 7) is 1.48. The Kier molecular flexibility index (Phi) is 7.93. The van der Waals surface area contributed by atoms with Gasteiger partial charge in [0.05, 0.1) is 19.1 Å². The minimum atomic E-state index is -0.790. The number of aromatic amines is 2. The molecule has 0 aliphatic rings. The molecule has 0 fully saturated rings. The Balaban J connectivity index is 1.77. The average molecular weight is 438 g/mol. The van der Waals surface area contributed by atoms with Gasteiger partial charge in [-0.1, -0.05) is 54.6 Å². The van der Waals surface area contributed by atoms with Crippen molar-refractivity contribution in [1.29, 1.82) is 0 Å². The van der Waals surface area contributed by atoms with Crippen LogP contribution in [0.4, 0.5) is 0 Å². The number of aliphatic hydroxyl groups excluding tert-OH is 1. The van der Waals surface area contributed by atoms with Gasteiger partial charge in [-0.25, -0.2) is 9.89 Å². The van der Waals surface area contributed by atoms with Gasteiger partial charge in [-0.3, -0.25) is 14.6 Å². The molecule has 4 N–H and O–H groups in total. The molecule has 1 amide bonds. The quantitative estimate of drug-likeness (QED) is 0.355. The highest BCUT2D eigenvalue weighted by Crippen LogP contribution is 2.21. The topological polar surface area (TPSA) is 137 Å². The predicted octanol–water partition coefficient (Wildman–Crippen LogP) is 1.67. The van der Waals surface area contributed by atoms with Crippen LogP contribution >= 0.6 is 0 Å². The van der Waals surface area contributed by atoms with Gasteiger partial charge in [0.15, 0.2) is 0 Å². The van der Waals surface area contributed by atoms with Crippen molar-refractivity contribution in [1.82, 2.24) is 20.5 Å². The standard InChI is InChI=1S/C23H26N4O5/c1-2-32-22(30)18(14-28)13-19(24-21(29)20-25-23(31)27-26-20)12-15-8-10-17(11-9-15)16-6-4-3-5-7-16/h3-11,18-19,28H,2,12-14H2,1H3,(H,24,29)(H2,25,26,27,31)/t18-,19+/m0/s1. The summed E-state index contributed by atoms with van der Waals surface area (Å²) in [5.74, 6) is -2.06. The predicted molar refractivity (Wildman–Crippen MR) is 118 cm³/mol.